The molecule has 1 aliphatic heterocycles. The van der Waals surface area contributed by atoms with Gasteiger partial charge >= 0.3 is 0 Å². The average Bonchev–Trinajstić information content (AvgIpc) is 3.09. The van der Waals surface area contributed by atoms with E-state index in [2.05, 4.69) is 17.4 Å². The molecule has 1 fully saturated rings. The van der Waals surface area contributed by atoms with Gasteiger partial charge < -0.3 is 15.0 Å². The SMILES string of the molecule is CCOc1ccc(N2CC(CNC(=O)CCCc3ccccc3)CC2=O)cc1. The van der Waals surface area contributed by atoms with Crippen molar-refractivity contribution in [2.45, 2.75) is 32.6 Å². The maximum Gasteiger partial charge on any atom is 0.227 e. The Bertz CT molecular complexity index is 774. The first-order valence-electron chi connectivity index (χ1n) is 9.99. The van der Waals surface area contributed by atoms with Crippen LogP contribution < -0.4 is 15.0 Å². The average molecular weight is 380 g/mol. The standard InChI is InChI=1S/C23H28N2O3/c1-2-28-21-13-11-20(12-14-21)25-17-19(15-23(25)27)16-24-22(26)10-6-9-18-7-4-3-5-8-18/h3-5,7-8,11-14,19H,2,6,9-10,15-17H2,1H3,(H,24,26). The van der Waals surface area contributed by atoms with Crippen molar-refractivity contribution in [2.75, 3.05) is 24.6 Å². The lowest BCUT2D eigenvalue weighted by atomic mass is 10.1. The van der Waals surface area contributed by atoms with Crippen molar-refractivity contribution >= 4 is 17.5 Å². The normalized spacial score (nSPS) is 16.2. The highest BCUT2D eigenvalue weighted by atomic mass is 16.5. The molecule has 1 saturated heterocycles. The zero-order valence-electron chi connectivity index (χ0n) is 16.4. The van der Waals surface area contributed by atoms with Gasteiger partial charge in [-0.15, -0.1) is 0 Å². The fourth-order valence-corrected chi connectivity index (χ4v) is 3.50. The van der Waals surface area contributed by atoms with Gasteiger partial charge in [0.1, 0.15) is 5.75 Å². The van der Waals surface area contributed by atoms with Crippen LogP contribution in [0.3, 0.4) is 0 Å². The van der Waals surface area contributed by atoms with Crippen molar-refractivity contribution < 1.29 is 14.3 Å². The number of anilines is 1. The van der Waals surface area contributed by atoms with E-state index >= 15 is 0 Å². The molecule has 1 N–H and O–H groups in total. The van der Waals surface area contributed by atoms with Crippen LogP contribution in [-0.4, -0.2) is 31.5 Å². The Hall–Kier alpha value is -2.82. The Morgan fingerprint density at radius 1 is 1.14 bits per heavy atom. The first-order valence-corrected chi connectivity index (χ1v) is 9.99. The number of aryl methyl sites for hydroxylation is 1. The van der Waals surface area contributed by atoms with Gasteiger partial charge in [-0.3, -0.25) is 9.59 Å². The van der Waals surface area contributed by atoms with Gasteiger partial charge in [0.05, 0.1) is 6.61 Å². The third-order valence-corrected chi connectivity index (χ3v) is 4.96. The number of nitrogens with one attached hydrogen (secondary N) is 1. The van der Waals surface area contributed by atoms with Crippen LogP contribution in [0.5, 0.6) is 5.75 Å². The molecule has 0 aliphatic carbocycles. The molecule has 3 rings (SSSR count). The summed E-state index contributed by atoms with van der Waals surface area (Å²) in [4.78, 5) is 26.2. The maximum absolute atomic E-state index is 12.4. The second-order valence-electron chi connectivity index (χ2n) is 7.14. The van der Waals surface area contributed by atoms with E-state index in [0.717, 1.165) is 24.3 Å². The molecule has 0 saturated carbocycles. The summed E-state index contributed by atoms with van der Waals surface area (Å²) >= 11 is 0. The molecule has 1 unspecified atom stereocenters. The van der Waals surface area contributed by atoms with Crippen LogP contribution in [-0.2, 0) is 16.0 Å². The number of carbonyl (C=O) groups is 2. The van der Waals surface area contributed by atoms with Crippen LogP contribution in [0, 0.1) is 5.92 Å². The molecule has 1 atom stereocenters. The molecule has 2 aromatic rings. The van der Waals surface area contributed by atoms with E-state index in [4.69, 9.17) is 4.74 Å². The number of rotatable bonds is 9. The summed E-state index contributed by atoms with van der Waals surface area (Å²) in [6.07, 6.45) is 2.72. The van der Waals surface area contributed by atoms with E-state index in [1.807, 2.05) is 49.4 Å². The molecule has 5 nitrogen and oxygen atoms in total. The zero-order valence-corrected chi connectivity index (χ0v) is 16.4. The largest absolute Gasteiger partial charge is 0.494 e. The van der Waals surface area contributed by atoms with Crippen LogP contribution in [0.4, 0.5) is 5.69 Å². The highest BCUT2D eigenvalue weighted by molar-refractivity contribution is 5.95. The first kappa shape index (κ1) is 19.9. The molecule has 0 aromatic heterocycles. The second-order valence-corrected chi connectivity index (χ2v) is 7.14. The second kappa shape index (κ2) is 9.93. The number of ether oxygens (including phenoxy) is 1. The van der Waals surface area contributed by atoms with Gasteiger partial charge in [-0.25, -0.2) is 0 Å². The molecule has 1 heterocycles. The lowest BCUT2D eigenvalue weighted by molar-refractivity contribution is -0.121. The molecular weight excluding hydrogens is 352 g/mol. The summed E-state index contributed by atoms with van der Waals surface area (Å²) in [7, 11) is 0. The molecular formula is C23H28N2O3. The fraction of sp³-hybridized carbons (Fsp3) is 0.391. The van der Waals surface area contributed by atoms with Gasteiger partial charge in [0.25, 0.3) is 0 Å². The minimum atomic E-state index is 0.0582. The van der Waals surface area contributed by atoms with Crippen molar-refractivity contribution in [3.05, 3.63) is 60.2 Å². The van der Waals surface area contributed by atoms with E-state index in [-0.39, 0.29) is 17.7 Å². The topological polar surface area (TPSA) is 58.6 Å². The Labute approximate surface area is 166 Å². The predicted molar refractivity (Wildman–Crippen MR) is 110 cm³/mol. The van der Waals surface area contributed by atoms with Gasteiger partial charge in [0.15, 0.2) is 0 Å². The number of hydrogen-bond acceptors (Lipinski definition) is 3. The van der Waals surface area contributed by atoms with E-state index in [0.29, 0.717) is 32.5 Å². The monoisotopic (exact) mass is 380 g/mol. The molecule has 0 bridgehead atoms. The molecule has 2 aromatic carbocycles. The van der Waals surface area contributed by atoms with Crippen molar-refractivity contribution in [1.29, 1.82) is 0 Å². The quantitative estimate of drug-likeness (QED) is 0.723. The minimum Gasteiger partial charge on any atom is -0.494 e. The number of hydrogen-bond donors (Lipinski definition) is 1. The van der Waals surface area contributed by atoms with E-state index in [1.165, 1.54) is 5.56 Å². The van der Waals surface area contributed by atoms with Crippen LogP contribution >= 0.6 is 0 Å². The lowest BCUT2D eigenvalue weighted by Crippen LogP contribution is -2.31. The third-order valence-electron chi connectivity index (χ3n) is 4.96. The number of nitrogens with zero attached hydrogens (tertiary/aromatic N) is 1. The minimum absolute atomic E-state index is 0.0582. The maximum atomic E-state index is 12.4. The van der Waals surface area contributed by atoms with Gasteiger partial charge in [0.2, 0.25) is 11.8 Å². The molecule has 2 amide bonds. The summed E-state index contributed by atoms with van der Waals surface area (Å²) in [6.45, 7) is 3.74. The third kappa shape index (κ3) is 5.59. The Balaban J connectivity index is 1.40. The first-order chi connectivity index (χ1) is 13.7. The summed E-state index contributed by atoms with van der Waals surface area (Å²) in [5.74, 6) is 1.12. The van der Waals surface area contributed by atoms with Crippen LogP contribution in [0.25, 0.3) is 0 Å². The number of amides is 2. The predicted octanol–water partition coefficient (Wildman–Crippen LogP) is 3.58. The Morgan fingerprint density at radius 3 is 2.61 bits per heavy atom. The molecule has 0 radical (unpaired) electrons. The van der Waals surface area contributed by atoms with Crippen molar-refractivity contribution in [3.8, 4) is 5.75 Å². The van der Waals surface area contributed by atoms with Gasteiger partial charge in [-0.05, 0) is 49.6 Å². The molecule has 1 aliphatic rings. The molecule has 28 heavy (non-hydrogen) atoms. The van der Waals surface area contributed by atoms with Gasteiger partial charge in [-0.2, -0.15) is 0 Å². The van der Waals surface area contributed by atoms with Crippen molar-refractivity contribution in [2.24, 2.45) is 5.92 Å². The highest BCUT2D eigenvalue weighted by Crippen LogP contribution is 2.26. The number of carbonyl (C=O) groups excluding carboxylic acids is 2. The number of benzene rings is 2. The summed E-state index contributed by atoms with van der Waals surface area (Å²) < 4.78 is 5.45. The van der Waals surface area contributed by atoms with Crippen molar-refractivity contribution in [3.63, 3.8) is 0 Å². The summed E-state index contributed by atoms with van der Waals surface area (Å²) in [5, 5.41) is 2.99. The molecule has 5 heteroatoms. The Morgan fingerprint density at radius 2 is 1.89 bits per heavy atom. The van der Waals surface area contributed by atoms with Crippen molar-refractivity contribution in [1.82, 2.24) is 5.32 Å². The smallest absolute Gasteiger partial charge is 0.227 e. The molecule has 148 valence electrons. The van der Waals surface area contributed by atoms with Crippen LogP contribution in [0.15, 0.2) is 54.6 Å². The van der Waals surface area contributed by atoms with Crippen LogP contribution in [0.2, 0.25) is 0 Å². The van der Waals surface area contributed by atoms with Crippen LogP contribution in [0.1, 0.15) is 31.7 Å². The van der Waals surface area contributed by atoms with E-state index < -0.39 is 0 Å². The lowest BCUT2D eigenvalue weighted by Gasteiger charge is -2.17. The van der Waals surface area contributed by atoms with Gasteiger partial charge in [-0.1, -0.05) is 30.3 Å². The Kier molecular flexibility index (Phi) is 7.06. The van der Waals surface area contributed by atoms with E-state index in [9.17, 15) is 9.59 Å². The fourth-order valence-electron chi connectivity index (χ4n) is 3.50. The van der Waals surface area contributed by atoms with E-state index in [1.54, 1.807) is 4.90 Å². The highest BCUT2D eigenvalue weighted by Gasteiger charge is 2.30. The van der Waals surface area contributed by atoms with Gasteiger partial charge in [0, 0.05) is 37.5 Å². The summed E-state index contributed by atoms with van der Waals surface area (Å²) in [5.41, 5.74) is 2.13. The molecule has 0 spiro atoms. The summed E-state index contributed by atoms with van der Waals surface area (Å²) in [6, 6.07) is 17.8. The zero-order chi connectivity index (χ0) is 19.8.